The first-order chi connectivity index (χ1) is 11.3. The number of fused-ring (bicyclic) bond motifs is 1. The molecule has 3 rings (SSSR count). The van der Waals surface area contributed by atoms with Crippen LogP contribution in [0.1, 0.15) is 10.4 Å². The third-order valence-electron chi connectivity index (χ3n) is 3.25. The molecule has 124 valence electrons. The molecule has 0 saturated heterocycles. The van der Waals surface area contributed by atoms with Crippen molar-refractivity contribution in [2.45, 2.75) is 4.90 Å². The summed E-state index contributed by atoms with van der Waals surface area (Å²) in [7, 11) is 1.57. The summed E-state index contributed by atoms with van der Waals surface area (Å²) in [5, 5.41) is 4.94. The van der Waals surface area contributed by atoms with Crippen LogP contribution in [0.2, 0.25) is 0 Å². The second-order valence-corrected chi connectivity index (χ2v) is 6.11. The summed E-state index contributed by atoms with van der Waals surface area (Å²) in [4.78, 5) is 24.4. The lowest BCUT2D eigenvalue weighted by Crippen LogP contribution is -2.29. The van der Waals surface area contributed by atoms with E-state index in [1.54, 1.807) is 13.1 Å². The van der Waals surface area contributed by atoms with Crippen molar-refractivity contribution in [3.8, 4) is 0 Å². The predicted molar refractivity (Wildman–Crippen MR) is 83.3 cm³/mol. The third-order valence-corrected chi connectivity index (χ3v) is 4.22. The molecule has 0 aromatic heterocycles. The average molecular weight is 353 g/mol. The van der Waals surface area contributed by atoms with Crippen molar-refractivity contribution in [2.75, 3.05) is 17.7 Å². The van der Waals surface area contributed by atoms with Gasteiger partial charge in [0.1, 0.15) is 0 Å². The fourth-order valence-electron chi connectivity index (χ4n) is 2.06. The van der Waals surface area contributed by atoms with Gasteiger partial charge in [-0.3, -0.25) is 9.10 Å². The highest BCUT2D eigenvalue weighted by atomic mass is 32.2. The Morgan fingerprint density at radius 1 is 1.17 bits per heavy atom. The van der Waals surface area contributed by atoms with Gasteiger partial charge in [0.15, 0.2) is 17.5 Å². The maximum atomic E-state index is 13.2. The zero-order chi connectivity index (χ0) is 17.4. The molecule has 0 atom stereocenters. The highest BCUT2D eigenvalue weighted by Gasteiger charge is 2.22. The Kier molecular flexibility index (Phi) is 4.10. The van der Waals surface area contributed by atoms with Crippen LogP contribution in [0, 0.1) is 17.5 Å². The number of nitrogens with one attached hydrogen (secondary N) is 2. The molecule has 0 fully saturated rings. The molecule has 2 N–H and O–H groups in total. The molecule has 2 aromatic rings. The number of rotatable bonds is 2. The molecule has 9 heteroatoms. The highest BCUT2D eigenvalue weighted by molar-refractivity contribution is 7.97. The van der Waals surface area contributed by atoms with Crippen LogP contribution in [-0.4, -0.2) is 23.3 Å². The second-order valence-electron chi connectivity index (χ2n) is 4.94. The highest BCUT2D eigenvalue weighted by Crippen LogP contribution is 2.34. The zero-order valence-corrected chi connectivity index (χ0v) is 13.0. The largest absolute Gasteiger partial charge is 0.331 e. The molecular formula is C15H10F3N3O2S. The van der Waals surface area contributed by atoms with Crippen molar-refractivity contribution in [3.63, 3.8) is 0 Å². The minimum absolute atomic E-state index is 0.202. The SMILES string of the molecule is CN1Sc2cc(C(=O)Nc3cc(F)c(F)c(F)c3)ccc2NC1=O. The van der Waals surface area contributed by atoms with Crippen LogP contribution in [0.5, 0.6) is 0 Å². The standard InChI is InChI=1S/C15H10F3N3O2S/c1-21-15(23)20-11-3-2-7(4-12(11)24-21)14(22)19-8-5-9(16)13(18)10(17)6-8/h2-6H,1H3,(H,19,22)(H,20,23). The zero-order valence-electron chi connectivity index (χ0n) is 12.2. The third kappa shape index (κ3) is 3.02. The lowest BCUT2D eigenvalue weighted by Gasteiger charge is -2.24. The van der Waals surface area contributed by atoms with E-state index in [0.717, 1.165) is 11.9 Å². The van der Waals surface area contributed by atoms with Gasteiger partial charge in [0, 0.05) is 30.4 Å². The topological polar surface area (TPSA) is 61.4 Å². The van der Waals surface area contributed by atoms with Crippen LogP contribution in [0.15, 0.2) is 35.2 Å². The molecule has 0 saturated carbocycles. The number of carbonyl (C=O) groups excluding carboxylic acids is 2. The lowest BCUT2D eigenvalue weighted by molar-refractivity contribution is 0.102. The normalized spacial score (nSPS) is 13.3. The van der Waals surface area contributed by atoms with Gasteiger partial charge in [-0.2, -0.15) is 0 Å². The Morgan fingerprint density at radius 3 is 2.50 bits per heavy atom. The number of hydrogen-bond acceptors (Lipinski definition) is 3. The molecule has 3 amide bonds. The van der Waals surface area contributed by atoms with Gasteiger partial charge in [-0.25, -0.2) is 18.0 Å². The summed E-state index contributed by atoms with van der Waals surface area (Å²) < 4.78 is 40.6. The summed E-state index contributed by atoms with van der Waals surface area (Å²) in [5.74, 6) is -5.01. The second kappa shape index (κ2) is 6.08. The Bertz CT molecular complexity index is 837. The fourth-order valence-corrected chi connectivity index (χ4v) is 2.88. The molecule has 5 nitrogen and oxygen atoms in total. The van der Waals surface area contributed by atoms with Gasteiger partial charge in [0.2, 0.25) is 0 Å². The van der Waals surface area contributed by atoms with E-state index in [2.05, 4.69) is 10.6 Å². The minimum atomic E-state index is -1.60. The number of benzene rings is 2. The van der Waals surface area contributed by atoms with E-state index in [1.165, 1.54) is 16.4 Å². The van der Waals surface area contributed by atoms with Crippen molar-refractivity contribution in [3.05, 3.63) is 53.3 Å². The molecule has 0 aliphatic carbocycles. The summed E-state index contributed by atoms with van der Waals surface area (Å²) in [6.45, 7) is 0. The van der Waals surface area contributed by atoms with Crippen molar-refractivity contribution >= 4 is 35.3 Å². The van der Waals surface area contributed by atoms with E-state index in [0.29, 0.717) is 22.7 Å². The molecule has 0 bridgehead atoms. The molecule has 1 heterocycles. The molecule has 0 spiro atoms. The van der Waals surface area contributed by atoms with Crippen molar-refractivity contribution in [1.82, 2.24) is 4.31 Å². The van der Waals surface area contributed by atoms with E-state index in [9.17, 15) is 22.8 Å². The summed E-state index contributed by atoms with van der Waals surface area (Å²) in [5.41, 5.74) is 0.571. The minimum Gasteiger partial charge on any atom is -0.322 e. The predicted octanol–water partition coefficient (Wildman–Crippen LogP) is 3.84. The summed E-state index contributed by atoms with van der Waals surface area (Å²) in [6.07, 6.45) is 0. The van der Waals surface area contributed by atoms with Gasteiger partial charge < -0.3 is 10.6 Å². The Morgan fingerprint density at radius 2 is 1.83 bits per heavy atom. The maximum Gasteiger partial charge on any atom is 0.331 e. The van der Waals surface area contributed by atoms with Crippen LogP contribution >= 0.6 is 11.9 Å². The number of anilines is 2. The van der Waals surface area contributed by atoms with Crippen LogP contribution in [-0.2, 0) is 0 Å². The van der Waals surface area contributed by atoms with Crippen LogP contribution in [0.4, 0.5) is 29.3 Å². The van der Waals surface area contributed by atoms with E-state index in [-0.39, 0.29) is 17.3 Å². The number of nitrogens with zero attached hydrogens (tertiary/aromatic N) is 1. The Labute approximate surface area is 139 Å². The lowest BCUT2D eigenvalue weighted by atomic mass is 10.2. The molecule has 0 radical (unpaired) electrons. The van der Waals surface area contributed by atoms with Gasteiger partial charge >= 0.3 is 6.03 Å². The van der Waals surface area contributed by atoms with Crippen LogP contribution in [0.25, 0.3) is 0 Å². The van der Waals surface area contributed by atoms with Crippen molar-refractivity contribution in [1.29, 1.82) is 0 Å². The van der Waals surface area contributed by atoms with E-state index < -0.39 is 23.4 Å². The Balaban J connectivity index is 1.84. The van der Waals surface area contributed by atoms with Gasteiger partial charge in [0.25, 0.3) is 5.91 Å². The molecule has 24 heavy (non-hydrogen) atoms. The number of carbonyl (C=O) groups is 2. The number of amides is 3. The molecular weight excluding hydrogens is 343 g/mol. The first kappa shape index (κ1) is 16.2. The number of halogens is 3. The smallest absolute Gasteiger partial charge is 0.322 e. The molecule has 2 aromatic carbocycles. The van der Waals surface area contributed by atoms with Gasteiger partial charge in [-0.15, -0.1) is 0 Å². The first-order valence-corrected chi connectivity index (χ1v) is 7.45. The average Bonchev–Trinajstić information content (AvgIpc) is 2.53. The van der Waals surface area contributed by atoms with E-state index in [4.69, 9.17) is 0 Å². The fraction of sp³-hybridized carbons (Fsp3) is 0.0667. The van der Waals surface area contributed by atoms with Crippen LogP contribution in [0.3, 0.4) is 0 Å². The molecule has 1 aliphatic rings. The van der Waals surface area contributed by atoms with Gasteiger partial charge in [-0.1, -0.05) is 0 Å². The van der Waals surface area contributed by atoms with Gasteiger partial charge in [-0.05, 0) is 30.1 Å². The van der Waals surface area contributed by atoms with Crippen molar-refractivity contribution in [2.24, 2.45) is 0 Å². The molecule has 0 unspecified atom stereocenters. The number of hydrogen-bond donors (Lipinski definition) is 2. The quantitative estimate of drug-likeness (QED) is 0.637. The van der Waals surface area contributed by atoms with Gasteiger partial charge in [0.05, 0.1) is 10.6 Å². The van der Waals surface area contributed by atoms with Crippen LogP contribution < -0.4 is 10.6 Å². The summed E-state index contributed by atoms with van der Waals surface area (Å²) >= 11 is 1.14. The van der Waals surface area contributed by atoms with E-state index >= 15 is 0 Å². The first-order valence-electron chi connectivity index (χ1n) is 6.68. The van der Waals surface area contributed by atoms with Crippen molar-refractivity contribution < 1.29 is 22.8 Å². The molecule has 1 aliphatic heterocycles. The maximum absolute atomic E-state index is 13.2. The summed E-state index contributed by atoms with van der Waals surface area (Å²) in [6, 6.07) is 5.63. The number of urea groups is 1. The van der Waals surface area contributed by atoms with E-state index in [1.807, 2.05) is 0 Å². The monoisotopic (exact) mass is 353 g/mol. The Hall–Kier alpha value is -2.68.